The summed E-state index contributed by atoms with van der Waals surface area (Å²) in [7, 11) is 0. The van der Waals surface area contributed by atoms with E-state index < -0.39 is 0 Å². The van der Waals surface area contributed by atoms with E-state index in [0.29, 0.717) is 30.3 Å². The van der Waals surface area contributed by atoms with Gasteiger partial charge in [-0.1, -0.05) is 24.3 Å². The molecule has 2 aliphatic heterocycles. The Kier molecular flexibility index (Phi) is 5.92. The summed E-state index contributed by atoms with van der Waals surface area (Å²) in [4.78, 5) is 36.3. The Morgan fingerprint density at radius 1 is 1.00 bits per heavy atom. The maximum Gasteiger partial charge on any atom is 0.255 e. The van der Waals surface area contributed by atoms with Crippen molar-refractivity contribution in [1.82, 2.24) is 19.7 Å². The van der Waals surface area contributed by atoms with E-state index in [1.807, 2.05) is 59.6 Å². The highest BCUT2D eigenvalue weighted by Crippen LogP contribution is 2.25. The fourth-order valence-corrected chi connectivity index (χ4v) is 4.80. The molecule has 1 aromatic carbocycles. The van der Waals surface area contributed by atoms with Gasteiger partial charge in [-0.2, -0.15) is 0 Å². The molecule has 2 saturated heterocycles. The van der Waals surface area contributed by atoms with Gasteiger partial charge in [-0.25, -0.2) is 0 Å². The van der Waals surface area contributed by atoms with Gasteiger partial charge >= 0.3 is 0 Å². The number of carbonyl (C=O) groups excluding carboxylic acids is 2. The Labute approximate surface area is 169 Å². The Balaban J connectivity index is 1.35. The SMILES string of the molecule is O=C(C1CSCN1C(=O)c1ccccc1)N1CCN(Cc2ccccn2)CC1. The smallest absolute Gasteiger partial charge is 0.255 e. The summed E-state index contributed by atoms with van der Waals surface area (Å²) in [5.74, 6) is 1.26. The number of rotatable bonds is 4. The van der Waals surface area contributed by atoms with Crippen LogP contribution in [0.5, 0.6) is 0 Å². The Bertz CT molecular complexity index is 810. The van der Waals surface area contributed by atoms with Crippen LogP contribution in [0.3, 0.4) is 0 Å². The molecule has 0 aliphatic carbocycles. The number of hydrogen-bond donors (Lipinski definition) is 0. The van der Waals surface area contributed by atoms with Crippen LogP contribution in [-0.4, -0.2) is 75.3 Å². The first kappa shape index (κ1) is 19.0. The fraction of sp³-hybridized carbons (Fsp3) is 0.381. The average Bonchev–Trinajstić information content (AvgIpc) is 3.24. The minimum Gasteiger partial charge on any atom is -0.338 e. The van der Waals surface area contributed by atoms with Gasteiger partial charge < -0.3 is 9.80 Å². The van der Waals surface area contributed by atoms with Crippen molar-refractivity contribution in [1.29, 1.82) is 0 Å². The van der Waals surface area contributed by atoms with Crippen LogP contribution in [0, 0.1) is 0 Å². The maximum atomic E-state index is 13.1. The van der Waals surface area contributed by atoms with Crippen LogP contribution in [0.15, 0.2) is 54.7 Å². The van der Waals surface area contributed by atoms with Crippen LogP contribution < -0.4 is 0 Å². The molecule has 2 aliphatic rings. The zero-order chi connectivity index (χ0) is 19.3. The highest BCUT2D eigenvalue weighted by molar-refractivity contribution is 7.99. The number of nitrogens with zero attached hydrogens (tertiary/aromatic N) is 4. The number of thioether (sulfide) groups is 1. The number of amides is 2. The summed E-state index contributed by atoms with van der Waals surface area (Å²) in [5, 5.41) is 0. The Hall–Kier alpha value is -2.38. The minimum absolute atomic E-state index is 0.0577. The molecule has 1 atom stereocenters. The van der Waals surface area contributed by atoms with Crippen molar-refractivity contribution in [3.63, 3.8) is 0 Å². The lowest BCUT2D eigenvalue weighted by Gasteiger charge is -2.37. The molecular formula is C21H24N4O2S. The van der Waals surface area contributed by atoms with Gasteiger partial charge in [-0.3, -0.25) is 19.5 Å². The van der Waals surface area contributed by atoms with Gasteiger partial charge in [0.2, 0.25) is 5.91 Å². The number of hydrogen-bond acceptors (Lipinski definition) is 5. The first-order chi connectivity index (χ1) is 13.7. The Morgan fingerprint density at radius 3 is 2.46 bits per heavy atom. The standard InChI is InChI=1S/C21H24N4O2S/c26-20(17-6-2-1-3-7-17)25-16-28-15-19(25)21(27)24-12-10-23(11-13-24)14-18-8-4-5-9-22-18/h1-9,19H,10-16H2. The summed E-state index contributed by atoms with van der Waals surface area (Å²) in [6.07, 6.45) is 1.81. The summed E-state index contributed by atoms with van der Waals surface area (Å²) >= 11 is 1.65. The van der Waals surface area contributed by atoms with Crippen molar-refractivity contribution >= 4 is 23.6 Å². The van der Waals surface area contributed by atoms with Crippen molar-refractivity contribution in [3.8, 4) is 0 Å². The number of piperazine rings is 1. The molecular weight excluding hydrogens is 372 g/mol. The molecule has 0 N–H and O–H groups in total. The van der Waals surface area contributed by atoms with E-state index in [1.54, 1.807) is 16.7 Å². The maximum absolute atomic E-state index is 13.1. The second-order valence-electron chi connectivity index (χ2n) is 7.08. The zero-order valence-corrected chi connectivity index (χ0v) is 16.6. The van der Waals surface area contributed by atoms with Crippen molar-refractivity contribution < 1.29 is 9.59 Å². The van der Waals surface area contributed by atoms with Crippen LogP contribution in [0.25, 0.3) is 0 Å². The lowest BCUT2D eigenvalue weighted by Crippen LogP contribution is -2.54. The van der Waals surface area contributed by atoms with E-state index in [-0.39, 0.29) is 17.9 Å². The molecule has 6 nitrogen and oxygen atoms in total. The molecule has 1 unspecified atom stereocenters. The average molecular weight is 397 g/mol. The first-order valence-corrected chi connectivity index (χ1v) is 10.7. The predicted octanol–water partition coefficient (Wildman–Crippen LogP) is 1.94. The highest BCUT2D eigenvalue weighted by Gasteiger charge is 2.38. The predicted molar refractivity (Wildman–Crippen MR) is 110 cm³/mol. The molecule has 2 aromatic rings. The second kappa shape index (κ2) is 8.75. The molecule has 0 spiro atoms. The molecule has 28 heavy (non-hydrogen) atoms. The number of pyridine rings is 1. The number of benzene rings is 1. The molecule has 2 fully saturated rings. The molecule has 0 radical (unpaired) electrons. The van der Waals surface area contributed by atoms with Gasteiger partial charge in [-0.05, 0) is 24.3 Å². The molecule has 4 rings (SSSR count). The van der Waals surface area contributed by atoms with E-state index >= 15 is 0 Å². The van der Waals surface area contributed by atoms with Crippen molar-refractivity contribution in [2.24, 2.45) is 0 Å². The quantitative estimate of drug-likeness (QED) is 0.791. The summed E-state index contributed by atoms with van der Waals surface area (Å²) < 4.78 is 0. The minimum atomic E-state index is -0.361. The molecule has 146 valence electrons. The van der Waals surface area contributed by atoms with Crippen LogP contribution in [0.2, 0.25) is 0 Å². The molecule has 3 heterocycles. The van der Waals surface area contributed by atoms with E-state index in [0.717, 1.165) is 25.3 Å². The van der Waals surface area contributed by atoms with E-state index in [9.17, 15) is 9.59 Å². The van der Waals surface area contributed by atoms with Gasteiger partial charge in [0, 0.05) is 50.2 Å². The van der Waals surface area contributed by atoms with Crippen molar-refractivity contribution in [2.45, 2.75) is 12.6 Å². The van der Waals surface area contributed by atoms with Gasteiger partial charge in [0.25, 0.3) is 5.91 Å². The molecule has 0 saturated carbocycles. The van der Waals surface area contributed by atoms with Crippen molar-refractivity contribution in [3.05, 3.63) is 66.0 Å². The lowest BCUT2D eigenvalue weighted by molar-refractivity contribution is -0.136. The summed E-state index contributed by atoms with van der Waals surface area (Å²) in [6, 6.07) is 14.8. The third-order valence-electron chi connectivity index (χ3n) is 5.24. The lowest BCUT2D eigenvalue weighted by atomic mass is 10.1. The fourth-order valence-electron chi connectivity index (χ4n) is 3.65. The third kappa shape index (κ3) is 4.20. The molecule has 7 heteroatoms. The van der Waals surface area contributed by atoms with Crippen LogP contribution >= 0.6 is 11.8 Å². The van der Waals surface area contributed by atoms with E-state index in [2.05, 4.69) is 9.88 Å². The van der Waals surface area contributed by atoms with Gasteiger partial charge in [0.1, 0.15) is 6.04 Å². The molecule has 2 amide bonds. The van der Waals surface area contributed by atoms with Crippen molar-refractivity contribution in [2.75, 3.05) is 37.8 Å². The zero-order valence-electron chi connectivity index (χ0n) is 15.7. The van der Waals surface area contributed by atoms with E-state index in [1.165, 1.54) is 0 Å². The summed E-state index contributed by atoms with van der Waals surface area (Å²) in [5.41, 5.74) is 1.69. The second-order valence-corrected chi connectivity index (χ2v) is 8.08. The van der Waals surface area contributed by atoms with Crippen LogP contribution in [0.1, 0.15) is 16.1 Å². The third-order valence-corrected chi connectivity index (χ3v) is 6.26. The normalized spacial score (nSPS) is 20.4. The number of carbonyl (C=O) groups is 2. The first-order valence-electron chi connectivity index (χ1n) is 9.57. The van der Waals surface area contributed by atoms with Gasteiger partial charge in [0.15, 0.2) is 0 Å². The van der Waals surface area contributed by atoms with Gasteiger partial charge in [0.05, 0.1) is 11.6 Å². The van der Waals surface area contributed by atoms with Crippen LogP contribution in [0.4, 0.5) is 0 Å². The monoisotopic (exact) mass is 396 g/mol. The number of aromatic nitrogens is 1. The molecule has 1 aromatic heterocycles. The Morgan fingerprint density at radius 2 is 1.75 bits per heavy atom. The highest BCUT2D eigenvalue weighted by atomic mass is 32.2. The topological polar surface area (TPSA) is 56.8 Å². The van der Waals surface area contributed by atoms with E-state index in [4.69, 9.17) is 0 Å². The molecule has 0 bridgehead atoms. The van der Waals surface area contributed by atoms with Crippen LogP contribution in [-0.2, 0) is 11.3 Å². The summed E-state index contributed by atoms with van der Waals surface area (Å²) in [6.45, 7) is 3.85. The largest absolute Gasteiger partial charge is 0.338 e. The van der Waals surface area contributed by atoms with Gasteiger partial charge in [-0.15, -0.1) is 11.8 Å².